The number of nitrogens with one attached hydrogen (secondary N) is 1. The number of amides is 3. The van der Waals surface area contributed by atoms with Crippen molar-refractivity contribution >= 4 is 11.9 Å². The smallest absolute Gasteiger partial charge is 0.320 e. The number of nitrogens with zero attached hydrogens (tertiary/aromatic N) is 3. The molecule has 2 fully saturated rings. The SMILES string of the molecule is O=C(CN1CCN(Cc2ccccc2)C1=O)NCCN1CCOCC1. The highest BCUT2D eigenvalue weighted by Crippen LogP contribution is 2.12. The van der Waals surface area contributed by atoms with Gasteiger partial charge in [-0.3, -0.25) is 9.69 Å². The Labute approximate surface area is 148 Å². The lowest BCUT2D eigenvalue weighted by Gasteiger charge is -2.26. The van der Waals surface area contributed by atoms with Crippen LogP contribution in [0.15, 0.2) is 30.3 Å². The number of hydrogen-bond acceptors (Lipinski definition) is 4. The normalized spacial score (nSPS) is 18.6. The van der Waals surface area contributed by atoms with Gasteiger partial charge in [0.1, 0.15) is 6.54 Å². The third kappa shape index (κ3) is 5.17. The van der Waals surface area contributed by atoms with Crippen molar-refractivity contribution in [2.24, 2.45) is 0 Å². The molecule has 0 spiro atoms. The molecular weight excluding hydrogens is 320 g/mol. The minimum absolute atomic E-state index is 0.0628. The van der Waals surface area contributed by atoms with Gasteiger partial charge in [0.2, 0.25) is 5.91 Å². The molecule has 1 aromatic rings. The Kier molecular flexibility index (Phi) is 6.25. The van der Waals surface area contributed by atoms with Gasteiger partial charge in [0, 0.05) is 45.8 Å². The minimum Gasteiger partial charge on any atom is -0.379 e. The molecule has 2 heterocycles. The van der Waals surface area contributed by atoms with Gasteiger partial charge in [0.05, 0.1) is 13.2 Å². The summed E-state index contributed by atoms with van der Waals surface area (Å²) in [6.07, 6.45) is 0. The van der Waals surface area contributed by atoms with E-state index < -0.39 is 0 Å². The molecule has 0 unspecified atom stereocenters. The van der Waals surface area contributed by atoms with Crippen molar-refractivity contribution in [1.29, 1.82) is 0 Å². The zero-order valence-corrected chi connectivity index (χ0v) is 14.5. The molecule has 136 valence electrons. The highest BCUT2D eigenvalue weighted by Gasteiger charge is 2.29. The van der Waals surface area contributed by atoms with Crippen molar-refractivity contribution < 1.29 is 14.3 Å². The van der Waals surface area contributed by atoms with E-state index in [0.29, 0.717) is 26.2 Å². The van der Waals surface area contributed by atoms with E-state index in [-0.39, 0.29) is 18.5 Å². The van der Waals surface area contributed by atoms with Crippen molar-refractivity contribution in [3.63, 3.8) is 0 Å². The van der Waals surface area contributed by atoms with Crippen LogP contribution in [0, 0.1) is 0 Å². The first-order valence-electron chi connectivity index (χ1n) is 8.87. The Hall–Kier alpha value is -2.12. The number of rotatable bonds is 7. The molecule has 3 amide bonds. The second kappa shape index (κ2) is 8.82. The molecule has 7 heteroatoms. The summed E-state index contributed by atoms with van der Waals surface area (Å²) in [4.78, 5) is 30.2. The van der Waals surface area contributed by atoms with Crippen molar-refractivity contribution in [3.8, 4) is 0 Å². The van der Waals surface area contributed by atoms with Gasteiger partial charge in [-0.2, -0.15) is 0 Å². The van der Waals surface area contributed by atoms with Gasteiger partial charge < -0.3 is 19.9 Å². The summed E-state index contributed by atoms with van der Waals surface area (Å²) < 4.78 is 5.30. The van der Waals surface area contributed by atoms with E-state index >= 15 is 0 Å². The highest BCUT2D eigenvalue weighted by atomic mass is 16.5. The largest absolute Gasteiger partial charge is 0.379 e. The number of carbonyl (C=O) groups excluding carboxylic acids is 2. The van der Waals surface area contributed by atoms with Gasteiger partial charge >= 0.3 is 6.03 Å². The summed E-state index contributed by atoms with van der Waals surface area (Å²) in [7, 11) is 0. The zero-order valence-electron chi connectivity index (χ0n) is 14.5. The minimum atomic E-state index is -0.0943. The van der Waals surface area contributed by atoms with Crippen LogP contribution in [0.3, 0.4) is 0 Å². The van der Waals surface area contributed by atoms with Crippen molar-refractivity contribution in [1.82, 2.24) is 20.0 Å². The molecule has 3 rings (SSSR count). The van der Waals surface area contributed by atoms with Crippen LogP contribution in [0.2, 0.25) is 0 Å². The third-order valence-electron chi connectivity index (χ3n) is 4.59. The average molecular weight is 346 g/mol. The molecule has 0 atom stereocenters. The predicted molar refractivity (Wildman–Crippen MR) is 94.1 cm³/mol. The Morgan fingerprint density at radius 1 is 1.04 bits per heavy atom. The molecule has 1 aromatic carbocycles. The number of benzene rings is 1. The fourth-order valence-corrected chi connectivity index (χ4v) is 3.14. The van der Waals surface area contributed by atoms with E-state index in [2.05, 4.69) is 10.2 Å². The maximum absolute atomic E-state index is 12.4. The van der Waals surface area contributed by atoms with Gasteiger partial charge in [0.25, 0.3) is 0 Å². The number of ether oxygens (including phenoxy) is 1. The molecule has 0 saturated carbocycles. The standard InChI is InChI=1S/C18H26N4O3/c23-17(19-6-7-20-10-12-25-13-11-20)15-22-9-8-21(18(22)24)14-16-4-2-1-3-5-16/h1-5H,6-15H2,(H,19,23). The average Bonchev–Trinajstić information content (AvgIpc) is 2.97. The number of morpholine rings is 1. The molecule has 2 aliphatic rings. The third-order valence-corrected chi connectivity index (χ3v) is 4.59. The lowest BCUT2D eigenvalue weighted by atomic mass is 10.2. The van der Waals surface area contributed by atoms with Crippen LogP contribution in [-0.4, -0.2) is 85.7 Å². The van der Waals surface area contributed by atoms with E-state index in [1.807, 2.05) is 30.3 Å². The second-order valence-corrected chi connectivity index (χ2v) is 6.42. The topological polar surface area (TPSA) is 65.1 Å². The number of carbonyl (C=O) groups is 2. The molecule has 1 N–H and O–H groups in total. The lowest BCUT2D eigenvalue weighted by molar-refractivity contribution is -0.121. The Balaban J connectivity index is 1.37. The van der Waals surface area contributed by atoms with Crippen molar-refractivity contribution in [2.75, 3.05) is 59.0 Å². The van der Waals surface area contributed by atoms with E-state index in [4.69, 9.17) is 4.74 Å². The first kappa shape index (κ1) is 17.7. The number of hydrogen-bond donors (Lipinski definition) is 1. The molecule has 0 bridgehead atoms. The summed E-state index contributed by atoms with van der Waals surface area (Å²) in [5.74, 6) is -0.0943. The lowest BCUT2D eigenvalue weighted by Crippen LogP contribution is -2.44. The monoisotopic (exact) mass is 346 g/mol. The molecular formula is C18H26N4O3. The fraction of sp³-hybridized carbons (Fsp3) is 0.556. The summed E-state index contributed by atoms with van der Waals surface area (Å²) in [6, 6.07) is 9.85. The molecule has 2 aliphatic heterocycles. The molecule has 0 aromatic heterocycles. The van der Waals surface area contributed by atoms with Crippen LogP contribution >= 0.6 is 0 Å². The van der Waals surface area contributed by atoms with Crippen molar-refractivity contribution in [2.45, 2.75) is 6.54 Å². The van der Waals surface area contributed by atoms with E-state index in [1.165, 1.54) is 0 Å². The highest BCUT2D eigenvalue weighted by molar-refractivity contribution is 5.85. The Morgan fingerprint density at radius 3 is 2.52 bits per heavy atom. The molecule has 2 saturated heterocycles. The molecule has 25 heavy (non-hydrogen) atoms. The van der Waals surface area contributed by atoms with E-state index in [9.17, 15) is 9.59 Å². The Morgan fingerprint density at radius 2 is 1.76 bits per heavy atom. The predicted octanol–water partition coefficient (Wildman–Crippen LogP) is 0.373. The maximum atomic E-state index is 12.4. The van der Waals surface area contributed by atoms with Crippen LogP contribution in [0.4, 0.5) is 4.79 Å². The first-order valence-corrected chi connectivity index (χ1v) is 8.87. The first-order chi connectivity index (χ1) is 12.2. The maximum Gasteiger partial charge on any atom is 0.320 e. The summed E-state index contributed by atoms with van der Waals surface area (Å²) in [6.45, 7) is 6.75. The van der Waals surface area contributed by atoms with Crippen LogP contribution in [0.5, 0.6) is 0 Å². The van der Waals surface area contributed by atoms with Gasteiger partial charge in [-0.15, -0.1) is 0 Å². The van der Waals surface area contributed by atoms with Gasteiger partial charge in [-0.25, -0.2) is 4.79 Å². The fourth-order valence-electron chi connectivity index (χ4n) is 3.14. The summed E-state index contributed by atoms with van der Waals surface area (Å²) >= 11 is 0. The summed E-state index contributed by atoms with van der Waals surface area (Å²) in [5, 5.41) is 2.91. The van der Waals surface area contributed by atoms with Crippen LogP contribution in [-0.2, 0) is 16.1 Å². The molecule has 0 radical (unpaired) electrons. The van der Waals surface area contributed by atoms with Crippen molar-refractivity contribution in [3.05, 3.63) is 35.9 Å². The van der Waals surface area contributed by atoms with Crippen LogP contribution in [0.25, 0.3) is 0 Å². The van der Waals surface area contributed by atoms with Crippen LogP contribution in [0.1, 0.15) is 5.56 Å². The number of urea groups is 1. The van der Waals surface area contributed by atoms with E-state index in [1.54, 1.807) is 9.80 Å². The van der Waals surface area contributed by atoms with Gasteiger partial charge in [0.15, 0.2) is 0 Å². The summed E-state index contributed by atoms with van der Waals surface area (Å²) in [5.41, 5.74) is 1.10. The van der Waals surface area contributed by atoms with Gasteiger partial charge in [-0.1, -0.05) is 30.3 Å². The second-order valence-electron chi connectivity index (χ2n) is 6.42. The molecule has 0 aliphatic carbocycles. The Bertz CT molecular complexity index is 575. The zero-order chi connectivity index (χ0) is 17.5. The molecule has 7 nitrogen and oxygen atoms in total. The van der Waals surface area contributed by atoms with Gasteiger partial charge in [-0.05, 0) is 5.56 Å². The quantitative estimate of drug-likeness (QED) is 0.775. The van der Waals surface area contributed by atoms with E-state index in [0.717, 1.165) is 38.4 Å². The van der Waals surface area contributed by atoms with Crippen LogP contribution < -0.4 is 5.32 Å².